The van der Waals surface area contributed by atoms with Gasteiger partial charge in [-0.15, -0.1) is 11.3 Å². The molecule has 0 aliphatic carbocycles. The van der Waals surface area contributed by atoms with Gasteiger partial charge in [0.25, 0.3) is 0 Å². The highest BCUT2D eigenvalue weighted by Gasteiger charge is 2.07. The summed E-state index contributed by atoms with van der Waals surface area (Å²) in [5.74, 6) is 0. The molecule has 0 radical (unpaired) electrons. The van der Waals surface area contributed by atoms with Crippen LogP contribution in [0.25, 0.3) is 0 Å². The summed E-state index contributed by atoms with van der Waals surface area (Å²) in [7, 11) is 0. The molecule has 0 aliphatic rings. The molecule has 1 heterocycles. The van der Waals surface area contributed by atoms with E-state index in [9.17, 15) is 0 Å². The van der Waals surface area contributed by atoms with Crippen LogP contribution in [0.1, 0.15) is 23.8 Å². The molecule has 2 nitrogen and oxygen atoms in total. The minimum Gasteiger partial charge on any atom is -0.396 e. The van der Waals surface area contributed by atoms with Crippen molar-refractivity contribution in [3.63, 3.8) is 0 Å². The normalized spacial score (nSPS) is 13.2. The molecule has 1 aromatic rings. The minimum atomic E-state index is 0.0228. The number of thiophene rings is 1. The van der Waals surface area contributed by atoms with E-state index in [0.29, 0.717) is 0 Å². The van der Waals surface area contributed by atoms with Crippen LogP contribution in [0.4, 0.5) is 0 Å². The van der Waals surface area contributed by atoms with E-state index in [1.165, 1.54) is 11.3 Å². The number of hydrogen-bond donors (Lipinski definition) is 2. The SMILES string of the molecule is N[C@@H](CCCO)c1ccc(Cl)s1. The van der Waals surface area contributed by atoms with Crippen molar-refractivity contribution >= 4 is 22.9 Å². The van der Waals surface area contributed by atoms with Gasteiger partial charge in [0, 0.05) is 17.5 Å². The molecule has 0 bridgehead atoms. The van der Waals surface area contributed by atoms with Gasteiger partial charge in [0.2, 0.25) is 0 Å². The van der Waals surface area contributed by atoms with E-state index in [-0.39, 0.29) is 12.6 Å². The van der Waals surface area contributed by atoms with Gasteiger partial charge in [-0.25, -0.2) is 0 Å². The zero-order chi connectivity index (χ0) is 8.97. The number of aliphatic hydroxyl groups excluding tert-OH is 1. The summed E-state index contributed by atoms with van der Waals surface area (Å²) < 4.78 is 0.768. The summed E-state index contributed by atoms with van der Waals surface area (Å²) in [5.41, 5.74) is 5.84. The summed E-state index contributed by atoms with van der Waals surface area (Å²) >= 11 is 7.26. The van der Waals surface area contributed by atoms with Crippen LogP contribution in [-0.2, 0) is 0 Å². The third-order valence-electron chi connectivity index (χ3n) is 1.63. The van der Waals surface area contributed by atoms with Gasteiger partial charge in [-0.2, -0.15) is 0 Å². The maximum Gasteiger partial charge on any atom is 0.0931 e. The van der Waals surface area contributed by atoms with Crippen LogP contribution in [0.5, 0.6) is 0 Å². The first-order chi connectivity index (χ1) is 5.74. The van der Waals surface area contributed by atoms with Crippen molar-refractivity contribution in [3.8, 4) is 0 Å². The summed E-state index contributed by atoms with van der Waals surface area (Å²) in [4.78, 5) is 1.09. The lowest BCUT2D eigenvalue weighted by molar-refractivity contribution is 0.280. The zero-order valence-corrected chi connectivity index (χ0v) is 8.24. The van der Waals surface area contributed by atoms with Gasteiger partial charge in [0.15, 0.2) is 0 Å². The van der Waals surface area contributed by atoms with Gasteiger partial charge in [0.05, 0.1) is 4.34 Å². The molecular weight excluding hydrogens is 194 g/mol. The second-order valence-electron chi connectivity index (χ2n) is 2.61. The monoisotopic (exact) mass is 205 g/mol. The number of rotatable bonds is 4. The Morgan fingerprint density at radius 3 is 2.83 bits per heavy atom. The molecule has 12 heavy (non-hydrogen) atoms. The molecule has 68 valence electrons. The van der Waals surface area contributed by atoms with Crippen molar-refractivity contribution in [2.24, 2.45) is 5.73 Å². The predicted molar refractivity (Wildman–Crippen MR) is 52.6 cm³/mol. The van der Waals surface area contributed by atoms with Crippen LogP contribution in [0.2, 0.25) is 4.34 Å². The first kappa shape index (κ1) is 9.99. The third-order valence-corrected chi connectivity index (χ3v) is 3.00. The van der Waals surface area contributed by atoms with Gasteiger partial charge in [-0.1, -0.05) is 11.6 Å². The van der Waals surface area contributed by atoms with Crippen molar-refractivity contribution in [3.05, 3.63) is 21.3 Å². The molecule has 0 amide bonds. The molecule has 1 aromatic heterocycles. The van der Waals surface area contributed by atoms with Crippen molar-refractivity contribution < 1.29 is 5.11 Å². The van der Waals surface area contributed by atoms with Crippen molar-refractivity contribution in [1.29, 1.82) is 0 Å². The molecule has 4 heteroatoms. The van der Waals surface area contributed by atoms with Crippen molar-refractivity contribution in [2.75, 3.05) is 6.61 Å². The highest BCUT2D eigenvalue weighted by molar-refractivity contribution is 7.16. The van der Waals surface area contributed by atoms with Gasteiger partial charge >= 0.3 is 0 Å². The summed E-state index contributed by atoms with van der Waals surface area (Å²) in [6.07, 6.45) is 1.56. The fraction of sp³-hybridized carbons (Fsp3) is 0.500. The molecule has 0 aromatic carbocycles. The molecule has 0 fully saturated rings. The molecule has 0 unspecified atom stereocenters. The maximum absolute atomic E-state index is 8.59. The quantitative estimate of drug-likeness (QED) is 0.792. The topological polar surface area (TPSA) is 46.2 Å². The van der Waals surface area contributed by atoms with Crippen LogP contribution in [-0.4, -0.2) is 11.7 Å². The fourth-order valence-electron chi connectivity index (χ4n) is 0.981. The van der Waals surface area contributed by atoms with E-state index < -0.39 is 0 Å². The van der Waals surface area contributed by atoms with E-state index in [0.717, 1.165) is 22.1 Å². The van der Waals surface area contributed by atoms with Gasteiger partial charge in [-0.3, -0.25) is 0 Å². The molecule has 0 saturated carbocycles. The Labute approximate surface area is 81.0 Å². The van der Waals surface area contributed by atoms with Gasteiger partial charge in [-0.05, 0) is 25.0 Å². The Balaban J connectivity index is 2.47. The molecule has 0 saturated heterocycles. The Morgan fingerprint density at radius 2 is 2.33 bits per heavy atom. The van der Waals surface area contributed by atoms with Crippen molar-refractivity contribution in [2.45, 2.75) is 18.9 Å². The number of halogens is 1. The van der Waals surface area contributed by atoms with Gasteiger partial charge in [0.1, 0.15) is 0 Å². The smallest absolute Gasteiger partial charge is 0.0931 e. The van der Waals surface area contributed by atoms with E-state index >= 15 is 0 Å². The molecule has 1 atom stereocenters. The molecular formula is C8H12ClNOS. The molecule has 0 aliphatic heterocycles. The fourth-order valence-corrected chi connectivity index (χ4v) is 2.08. The van der Waals surface area contributed by atoms with Crippen molar-refractivity contribution in [1.82, 2.24) is 0 Å². The van der Waals surface area contributed by atoms with Crippen LogP contribution in [0.3, 0.4) is 0 Å². The first-order valence-electron chi connectivity index (χ1n) is 3.85. The van der Waals surface area contributed by atoms with Gasteiger partial charge < -0.3 is 10.8 Å². The summed E-state index contributed by atoms with van der Waals surface area (Å²) in [6.45, 7) is 0.201. The van der Waals surface area contributed by atoms with E-state index in [2.05, 4.69) is 0 Å². The number of aliphatic hydroxyl groups is 1. The van der Waals surface area contributed by atoms with Crippen LogP contribution in [0, 0.1) is 0 Å². The average Bonchev–Trinajstić information content (AvgIpc) is 2.47. The second-order valence-corrected chi connectivity index (χ2v) is 4.36. The van der Waals surface area contributed by atoms with Crippen LogP contribution >= 0.6 is 22.9 Å². The van der Waals surface area contributed by atoms with E-state index in [4.69, 9.17) is 22.4 Å². The summed E-state index contributed by atoms with van der Waals surface area (Å²) in [6, 6.07) is 3.81. The second kappa shape index (κ2) is 4.82. The van der Waals surface area contributed by atoms with E-state index in [1.54, 1.807) is 0 Å². The molecule has 1 rings (SSSR count). The lowest BCUT2D eigenvalue weighted by atomic mass is 10.1. The molecule has 0 spiro atoms. The maximum atomic E-state index is 8.59. The predicted octanol–water partition coefficient (Wildman–Crippen LogP) is 2.17. The largest absolute Gasteiger partial charge is 0.396 e. The lowest BCUT2D eigenvalue weighted by Gasteiger charge is -2.06. The highest BCUT2D eigenvalue weighted by Crippen LogP contribution is 2.27. The summed E-state index contributed by atoms with van der Waals surface area (Å²) in [5, 5.41) is 8.59. The third kappa shape index (κ3) is 2.75. The number of nitrogens with two attached hydrogens (primary N) is 1. The molecule has 3 N–H and O–H groups in total. The van der Waals surface area contributed by atoms with Crippen LogP contribution < -0.4 is 5.73 Å². The van der Waals surface area contributed by atoms with Crippen LogP contribution in [0.15, 0.2) is 12.1 Å². The number of hydrogen-bond acceptors (Lipinski definition) is 3. The Morgan fingerprint density at radius 1 is 1.58 bits per heavy atom. The average molecular weight is 206 g/mol. The minimum absolute atomic E-state index is 0.0228. The Kier molecular flexibility index (Phi) is 4.01. The lowest BCUT2D eigenvalue weighted by Crippen LogP contribution is -2.08. The first-order valence-corrected chi connectivity index (χ1v) is 5.05. The van der Waals surface area contributed by atoms with E-state index in [1.807, 2.05) is 12.1 Å². The zero-order valence-electron chi connectivity index (χ0n) is 6.66. The standard InChI is InChI=1S/C8H12ClNOS/c9-8-4-3-7(12-8)6(10)2-1-5-11/h3-4,6,11H,1-2,5,10H2/t6-/m0/s1. The Hall–Kier alpha value is -0.0900. The highest BCUT2D eigenvalue weighted by atomic mass is 35.5. The Bertz CT molecular complexity index is 239.